The van der Waals surface area contributed by atoms with Gasteiger partial charge in [-0.2, -0.15) is 0 Å². The average molecular weight is 287 g/mol. The second-order valence-corrected chi connectivity index (χ2v) is 6.62. The first-order chi connectivity index (χ1) is 10.2. The Balaban J connectivity index is 1.68. The SMILES string of the molecule is O=C(CC1(O)CCCCC1)N1CCCC1c1ccccc1. The van der Waals surface area contributed by atoms with Crippen molar-refractivity contribution < 1.29 is 9.90 Å². The zero-order valence-corrected chi connectivity index (χ0v) is 12.6. The van der Waals surface area contributed by atoms with E-state index in [1.54, 1.807) is 0 Å². The van der Waals surface area contributed by atoms with Crippen molar-refractivity contribution in [2.75, 3.05) is 6.54 Å². The van der Waals surface area contributed by atoms with Crippen LogP contribution in [0, 0.1) is 0 Å². The molecule has 1 aliphatic carbocycles. The lowest BCUT2D eigenvalue weighted by Crippen LogP contribution is -2.40. The highest BCUT2D eigenvalue weighted by Crippen LogP contribution is 2.36. The van der Waals surface area contributed by atoms with E-state index in [1.807, 2.05) is 23.1 Å². The zero-order valence-electron chi connectivity index (χ0n) is 12.6. The second-order valence-electron chi connectivity index (χ2n) is 6.62. The molecular formula is C18H25NO2. The molecule has 1 unspecified atom stereocenters. The highest BCUT2D eigenvalue weighted by atomic mass is 16.3. The van der Waals surface area contributed by atoms with Crippen molar-refractivity contribution in [2.24, 2.45) is 0 Å². The monoisotopic (exact) mass is 287 g/mol. The summed E-state index contributed by atoms with van der Waals surface area (Å²) in [7, 11) is 0. The van der Waals surface area contributed by atoms with Gasteiger partial charge < -0.3 is 10.0 Å². The number of aliphatic hydroxyl groups is 1. The molecule has 1 N–H and O–H groups in total. The minimum absolute atomic E-state index is 0.130. The van der Waals surface area contributed by atoms with Gasteiger partial charge in [0.05, 0.1) is 18.1 Å². The first-order valence-electron chi connectivity index (χ1n) is 8.25. The molecule has 3 rings (SSSR count). The quantitative estimate of drug-likeness (QED) is 0.925. The van der Waals surface area contributed by atoms with E-state index in [2.05, 4.69) is 12.1 Å². The summed E-state index contributed by atoms with van der Waals surface area (Å²) in [6, 6.07) is 10.5. The molecule has 1 heterocycles. The maximum absolute atomic E-state index is 12.7. The molecular weight excluding hydrogens is 262 g/mol. The van der Waals surface area contributed by atoms with Crippen molar-refractivity contribution in [1.29, 1.82) is 0 Å². The molecule has 1 saturated carbocycles. The maximum Gasteiger partial charge on any atom is 0.225 e. The Bertz CT molecular complexity index is 479. The van der Waals surface area contributed by atoms with Gasteiger partial charge in [-0.1, -0.05) is 49.6 Å². The fourth-order valence-corrected chi connectivity index (χ4v) is 3.86. The Kier molecular flexibility index (Phi) is 4.29. The lowest BCUT2D eigenvalue weighted by Gasteiger charge is -2.34. The fraction of sp³-hybridized carbons (Fsp3) is 0.611. The second kappa shape index (κ2) is 6.18. The third-order valence-corrected chi connectivity index (χ3v) is 5.02. The van der Waals surface area contributed by atoms with Gasteiger partial charge in [0.1, 0.15) is 0 Å². The molecule has 1 aliphatic heterocycles. The average Bonchev–Trinajstić information content (AvgIpc) is 2.98. The van der Waals surface area contributed by atoms with E-state index in [4.69, 9.17) is 0 Å². The number of rotatable bonds is 3. The molecule has 1 aromatic carbocycles. The minimum atomic E-state index is -0.751. The number of carbonyl (C=O) groups excluding carboxylic acids is 1. The number of hydrogen-bond acceptors (Lipinski definition) is 2. The molecule has 1 amide bonds. The van der Waals surface area contributed by atoms with Crippen molar-refractivity contribution in [3.8, 4) is 0 Å². The van der Waals surface area contributed by atoms with Gasteiger partial charge in [-0.15, -0.1) is 0 Å². The number of benzene rings is 1. The zero-order chi connectivity index (χ0) is 14.7. The summed E-state index contributed by atoms with van der Waals surface area (Å²) in [6.07, 6.45) is 7.24. The summed E-state index contributed by atoms with van der Waals surface area (Å²) >= 11 is 0. The van der Waals surface area contributed by atoms with Gasteiger partial charge in [0.25, 0.3) is 0 Å². The molecule has 3 heteroatoms. The number of likely N-dealkylation sites (tertiary alicyclic amines) is 1. The van der Waals surface area contributed by atoms with Gasteiger partial charge >= 0.3 is 0 Å². The molecule has 1 saturated heterocycles. The molecule has 1 atom stereocenters. The van der Waals surface area contributed by atoms with Gasteiger partial charge in [0.2, 0.25) is 5.91 Å². The van der Waals surface area contributed by atoms with Gasteiger partial charge in [-0.3, -0.25) is 4.79 Å². The van der Waals surface area contributed by atoms with Gasteiger partial charge in [0, 0.05) is 6.54 Å². The van der Waals surface area contributed by atoms with Crippen LogP contribution in [-0.4, -0.2) is 28.1 Å². The van der Waals surface area contributed by atoms with E-state index in [0.29, 0.717) is 6.42 Å². The molecule has 21 heavy (non-hydrogen) atoms. The van der Waals surface area contributed by atoms with Crippen LogP contribution in [-0.2, 0) is 4.79 Å². The first kappa shape index (κ1) is 14.6. The lowest BCUT2D eigenvalue weighted by molar-refractivity contribution is -0.138. The van der Waals surface area contributed by atoms with Crippen LogP contribution >= 0.6 is 0 Å². The van der Waals surface area contributed by atoms with Crippen LogP contribution in [0.5, 0.6) is 0 Å². The topological polar surface area (TPSA) is 40.5 Å². The van der Waals surface area contributed by atoms with Crippen molar-refractivity contribution in [1.82, 2.24) is 4.90 Å². The van der Waals surface area contributed by atoms with Crippen molar-refractivity contribution >= 4 is 5.91 Å². The van der Waals surface area contributed by atoms with E-state index in [0.717, 1.165) is 45.1 Å². The molecule has 0 radical (unpaired) electrons. The van der Waals surface area contributed by atoms with E-state index in [1.165, 1.54) is 12.0 Å². The Morgan fingerprint density at radius 1 is 1.14 bits per heavy atom. The predicted molar refractivity (Wildman–Crippen MR) is 82.8 cm³/mol. The van der Waals surface area contributed by atoms with E-state index in [-0.39, 0.29) is 11.9 Å². The summed E-state index contributed by atoms with van der Waals surface area (Å²) in [5, 5.41) is 10.6. The number of carbonyl (C=O) groups is 1. The number of hydrogen-bond donors (Lipinski definition) is 1. The Morgan fingerprint density at radius 2 is 1.86 bits per heavy atom. The Hall–Kier alpha value is -1.35. The lowest BCUT2D eigenvalue weighted by atomic mass is 9.82. The number of amides is 1. The maximum atomic E-state index is 12.7. The van der Waals surface area contributed by atoms with Crippen LogP contribution in [0.3, 0.4) is 0 Å². The molecule has 0 aromatic heterocycles. The summed E-state index contributed by atoms with van der Waals surface area (Å²) in [5.41, 5.74) is 0.470. The van der Waals surface area contributed by atoms with Crippen LogP contribution < -0.4 is 0 Å². The third-order valence-electron chi connectivity index (χ3n) is 5.02. The standard InChI is InChI=1S/C18H25NO2/c20-17(14-18(21)11-5-2-6-12-18)19-13-7-10-16(19)15-8-3-1-4-9-15/h1,3-4,8-9,16,21H,2,5-7,10-14H2. The van der Waals surface area contributed by atoms with Crippen LogP contribution in [0.4, 0.5) is 0 Å². The highest BCUT2D eigenvalue weighted by Gasteiger charge is 2.36. The van der Waals surface area contributed by atoms with E-state index in [9.17, 15) is 9.90 Å². The molecule has 2 fully saturated rings. The van der Waals surface area contributed by atoms with E-state index < -0.39 is 5.60 Å². The van der Waals surface area contributed by atoms with E-state index >= 15 is 0 Å². The first-order valence-corrected chi connectivity index (χ1v) is 8.25. The minimum Gasteiger partial charge on any atom is -0.389 e. The van der Waals surface area contributed by atoms with Crippen LogP contribution in [0.1, 0.15) is 63.0 Å². The van der Waals surface area contributed by atoms with Crippen molar-refractivity contribution in [2.45, 2.75) is 63.0 Å². The molecule has 3 nitrogen and oxygen atoms in total. The summed E-state index contributed by atoms with van der Waals surface area (Å²) in [6.45, 7) is 0.828. The molecule has 1 aromatic rings. The molecule has 2 aliphatic rings. The summed E-state index contributed by atoms with van der Waals surface area (Å²) in [5.74, 6) is 0.130. The third kappa shape index (κ3) is 3.29. The predicted octanol–water partition coefficient (Wildman–Crippen LogP) is 3.44. The molecule has 0 spiro atoms. The largest absolute Gasteiger partial charge is 0.389 e. The van der Waals surface area contributed by atoms with Gasteiger partial charge in [0.15, 0.2) is 0 Å². The smallest absolute Gasteiger partial charge is 0.225 e. The Morgan fingerprint density at radius 3 is 2.57 bits per heavy atom. The van der Waals surface area contributed by atoms with Crippen LogP contribution in [0.25, 0.3) is 0 Å². The van der Waals surface area contributed by atoms with Crippen molar-refractivity contribution in [3.05, 3.63) is 35.9 Å². The Labute approximate surface area is 127 Å². The normalized spacial score (nSPS) is 25.0. The highest BCUT2D eigenvalue weighted by molar-refractivity contribution is 5.78. The summed E-state index contributed by atoms with van der Waals surface area (Å²) in [4.78, 5) is 14.7. The van der Waals surface area contributed by atoms with Gasteiger partial charge in [-0.05, 0) is 31.2 Å². The van der Waals surface area contributed by atoms with Crippen molar-refractivity contribution in [3.63, 3.8) is 0 Å². The molecule has 114 valence electrons. The summed E-state index contributed by atoms with van der Waals surface area (Å²) < 4.78 is 0. The fourth-order valence-electron chi connectivity index (χ4n) is 3.86. The van der Waals surface area contributed by atoms with Gasteiger partial charge in [-0.25, -0.2) is 0 Å². The van der Waals surface area contributed by atoms with Crippen LogP contribution in [0.15, 0.2) is 30.3 Å². The molecule has 0 bridgehead atoms. The van der Waals surface area contributed by atoms with Crippen LogP contribution in [0.2, 0.25) is 0 Å². The number of nitrogens with zero attached hydrogens (tertiary/aromatic N) is 1.